The molecule has 0 unspecified atom stereocenters. The Kier molecular flexibility index (Phi) is 4.73. The second kappa shape index (κ2) is 6.72. The average Bonchev–Trinajstić information content (AvgIpc) is 2.84. The number of aryl methyl sites for hydroxylation is 1. The number of hydrogen-bond donors (Lipinski definition) is 2. The first-order chi connectivity index (χ1) is 9.69. The Hall–Kier alpha value is -2.34. The number of carbonyl (C=O) groups is 1. The number of rotatable bonds is 6. The molecular weight excluding hydrogens is 258 g/mol. The number of hydrogen-bond acceptors (Lipinski definition) is 5. The van der Waals surface area contributed by atoms with Gasteiger partial charge in [0.2, 0.25) is 5.91 Å². The van der Waals surface area contributed by atoms with Gasteiger partial charge in [0.05, 0.1) is 13.2 Å². The molecule has 0 aliphatic carbocycles. The molecule has 6 heteroatoms. The maximum atomic E-state index is 12.0. The van der Waals surface area contributed by atoms with Crippen LogP contribution >= 0.6 is 0 Å². The summed E-state index contributed by atoms with van der Waals surface area (Å²) in [6, 6.07) is 11.1. The number of benzene rings is 1. The van der Waals surface area contributed by atoms with Crippen molar-refractivity contribution < 1.29 is 14.4 Å². The van der Waals surface area contributed by atoms with E-state index >= 15 is 0 Å². The van der Waals surface area contributed by atoms with Gasteiger partial charge in [-0.05, 0) is 19.1 Å². The minimum Gasteiger partial charge on any atom is -0.395 e. The second-order valence-corrected chi connectivity index (χ2v) is 4.35. The van der Waals surface area contributed by atoms with Crippen LogP contribution in [0.25, 0.3) is 0 Å². The Morgan fingerprint density at radius 1 is 1.40 bits per heavy atom. The lowest BCUT2D eigenvalue weighted by molar-refractivity contribution is -0.115. The Balaban J connectivity index is 1.99. The number of carbonyl (C=O) groups excluding carboxylic acids is 1. The van der Waals surface area contributed by atoms with E-state index in [0.29, 0.717) is 18.1 Å². The number of aliphatic hydroxyl groups excluding tert-OH is 1. The minimum absolute atomic E-state index is 0.0226. The van der Waals surface area contributed by atoms with Crippen LogP contribution in [0.3, 0.4) is 0 Å². The lowest BCUT2D eigenvalue weighted by Gasteiger charge is -2.22. The molecule has 2 aromatic rings. The van der Waals surface area contributed by atoms with Crippen LogP contribution in [0.2, 0.25) is 0 Å². The summed E-state index contributed by atoms with van der Waals surface area (Å²) in [6.07, 6.45) is 0. The maximum Gasteiger partial charge on any atom is 0.245 e. The largest absolute Gasteiger partial charge is 0.395 e. The molecule has 0 aliphatic rings. The minimum atomic E-state index is -0.212. The molecule has 1 aromatic carbocycles. The molecular formula is C14H17N3O3. The van der Waals surface area contributed by atoms with E-state index in [1.54, 1.807) is 17.9 Å². The van der Waals surface area contributed by atoms with Gasteiger partial charge in [-0.3, -0.25) is 4.79 Å². The van der Waals surface area contributed by atoms with E-state index in [0.717, 1.165) is 5.69 Å². The molecule has 2 N–H and O–H groups in total. The first-order valence-corrected chi connectivity index (χ1v) is 6.33. The molecule has 1 aromatic heterocycles. The Labute approximate surface area is 117 Å². The van der Waals surface area contributed by atoms with Crippen LogP contribution in [-0.4, -0.2) is 35.9 Å². The summed E-state index contributed by atoms with van der Waals surface area (Å²) < 4.78 is 4.88. The third kappa shape index (κ3) is 3.83. The summed E-state index contributed by atoms with van der Waals surface area (Å²) >= 11 is 0. The van der Waals surface area contributed by atoms with Gasteiger partial charge in [-0.2, -0.15) is 0 Å². The zero-order valence-electron chi connectivity index (χ0n) is 11.2. The smallest absolute Gasteiger partial charge is 0.245 e. The molecule has 6 nitrogen and oxygen atoms in total. The quantitative estimate of drug-likeness (QED) is 0.833. The highest BCUT2D eigenvalue weighted by Gasteiger charge is 2.12. The van der Waals surface area contributed by atoms with E-state index in [9.17, 15) is 4.79 Å². The van der Waals surface area contributed by atoms with E-state index in [-0.39, 0.29) is 19.1 Å². The molecule has 0 spiro atoms. The molecule has 0 saturated heterocycles. The zero-order chi connectivity index (χ0) is 14.4. The monoisotopic (exact) mass is 275 g/mol. The molecule has 20 heavy (non-hydrogen) atoms. The molecule has 0 saturated carbocycles. The van der Waals surface area contributed by atoms with Crippen LogP contribution in [0.4, 0.5) is 11.5 Å². The number of amides is 1. The Morgan fingerprint density at radius 2 is 2.15 bits per heavy atom. The van der Waals surface area contributed by atoms with Crippen LogP contribution in [0.5, 0.6) is 0 Å². The molecule has 106 valence electrons. The third-order valence-corrected chi connectivity index (χ3v) is 2.72. The number of para-hydroxylation sites is 1. The molecule has 1 amide bonds. The fraction of sp³-hybridized carbons (Fsp3) is 0.286. The van der Waals surface area contributed by atoms with Gasteiger partial charge in [-0.1, -0.05) is 23.4 Å². The van der Waals surface area contributed by atoms with Crippen molar-refractivity contribution >= 4 is 17.4 Å². The molecule has 0 fully saturated rings. The highest BCUT2D eigenvalue weighted by atomic mass is 16.5. The molecule has 0 aliphatic heterocycles. The standard InChI is InChI=1S/C14H17N3O3/c1-11-9-13(16-20-11)15-14(19)10-17(7-8-18)12-5-3-2-4-6-12/h2-6,9,18H,7-8,10H2,1H3,(H,15,16,19). The predicted octanol–water partition coefficient (Wildman–Crippen LogP) is 1.42. The predicted molar refractivity (Wildman–Crippen MR) is 75.6 cm³/mol. The van der Waals surface area contributed by atoms with Gasteiger partial charge in [0.15, 0.2) is 5.82 Å². The van der Waals surface area contributed by atoms with Crippen molar-refractivity contribution in [2.75, 3.05) is 29.9 Å². The van der Waals surface area contributed by atoms with Crippen molar-refractivity contribution in [3.8, 4) is 0 Å². The van der Waals surface area contributed by atoms with Crippen LogP contribution in [0.1, 0.15) is 5.76 Å². The lowest BCUT2D eigenvalue weighted by Crippen LogP contribution is -2.35. The van der Waals surface area contributed by atoms with E-state index in [1.165, 1.54) is 0 Å². The normalized spacial score (nSPS) is 10.3. The Bertz CT molecular complexity index is 554. The number of aliphatic hydroxyl groups is 1. The number of aromatic nitrogens is 1. The number of nitrogens with zero attached hydrogens (tertiary/aromatic N) is 2. The van der Waals surface area contributed by atoms with Gasteiger partial charge in [-0.15, -0.1) is 0 Å². The van der Waals surface area contributed by atoms with E-state index in [4.69, 9.17) is 9.63 Å². The van der Waals surface area contributed by atoms with Crippen molar-refractivity contribution in [1.82, 2.24) is 5.16 Å². The summed E-state index contributed by atoms with van der Waals surface area (Å²) in [7, 11) is 0. The molecule has 1 heterocycles. The fourth-order valence-electron chi connectivity index (χ4n) is 1.84. The zero-order valence-corrected chi connectivity index (χ0v) is 11.2. The van der Waals surface area contributed by atoms with E-state index < -0.39 is 0 Å². The first kappa shape index (κ1) is 14.1. The second-order valence-electron chi connectivity index (χ2n) is 4.35. The van der Waals surface area contributed by atoms with Gasteiger partial charge in [0.1, 0.15) is 5.76 Å². The highest BCUT2D eigenvalue weighted by molar-refractivity contribution is 5.93. The van der Waals surface area contributed by atoms with Crippen LogP contribution < -0.4 is 10.2 Å². The number of nitrogens with one attached hydrogen (secondary N) is 1. The summed E-state index contributed by atoms with van der Waals surface area (Å²) in [5.74, 6) is 0.815. The molecule has 2 rings (SSSR count). The van der Waals surface area contributed by atoms with Crippen molar-refractivity contribution in [3.63, 3.8) is 0 Å². The van der Waals surface area contributed by atoms with Gasteiger partial charge >= 0.3 is 0 Å². The first-order valence-electron chi connectivity index (χ1n) is 6.33. The summed E-state index contributed by atoms with van der Waals surface area (Å²) in [6.45, 7) is 2.25. The van der Waals surface area contributed by atoms with Crippen molar-refractivity contribution in [1.29, 1.82) is 0 Å². The fourth-order valence-corrected chi connectivity index (χ4v) is 1.84. The number of anilines is 2. The van der Waals surface area contributed by atoms with Crippen LogP contribution in [-0.2, 0) is 4.79 Å². The van der Waals surface area contributed by atoms with E-state index in [1.807, 2.05) is 30.3 Å². The van der Waals surface area contributed by atoms with Gasteiger partial charge < -0.3 is 19.8 Å². The van der Waals surface area contributed by atoms with Crippen molar-refractivity contribution in [2.45, 2.75) is 6.92 Å². The molecule has 0 atom stereocenters. The molecule has 0 bridgehead atoms. The van der Waals surface area contributed by atoms with Crippen LogP contribution in [0, 0.1) is 6.92 Å². The Morgan fingerprint density at radius 3 is 2.75 bits per heavy atom. The average molecular weight is 275 g/mol. The van der Waals surface area contributed by atoms with Crippen molar-refractivity contribution in [2.24, 2.45) is 0 Å². The highest BCUT2D eigenvalue weighted by Crippen LogP contribution is 2.13. The van der Waals surface area contributed by atoms with Gasteiger partial charge in [0.25, 0.3) is 0 Å². The summed E-state index contributed by atoms with van der Waals surface area (Å²) in [4.78, 5) is 13.8. The lowest BCUT2D eigenvalue weighted by atomic mass is 10.3. The maximum absolute atomic E-state index is 12.0. The van der Waals surface area contributed by atoms with Gasteiger partial charge in [0, 0.05) is 18.3 Å². The van der Waals surface area contributed by atoms with Crippen LogP contribution in [0.15, 0.2) is 40.9 Å². The molecule has 0 radical (unpaired) electrons. The van der Waals surface area contributed by atoms with Gasteiger partial charge in [-0.25, -0.2) is 0 Å². The van der Waals surface area contributed by atoms with Crippen molar-refractivity contribution in [3.05, 3.63) is 42.2 Å². The topological polar surface area (TPSA) is 78.6 Å². The summed E-state index contributed by atoms with van der Waals surface area (Å²) in [5.41, 5.74) is 0.882. The third-order valence-electron chi connectivity index (χ3n) is 2.72. The summed E-state index contributed by atoms with van der Waals surface area (Å²) in [5, 5.41) is 15.5. The SMILES string of the molecule is Cc1cc(NC(=O)CN(CCO)c2ccccc2)no1. The van der Waals surface area contributed by atoms with E-state index in [2.05, 4.69) is 10.5 Å².